The fourth-order valence-corrected chi connectivity index (χ4v) is 2.52. The fourth-order valence-electron chi connectivity index (χ4n) is 2.35. The summed E-state index contributed by atoms with van der Waals surface area (Å²) in [7, 11) is 0. The highest BCUT2D eigenvalue weighted by molar-refractivity contribution is 6.20. The summed E-state index contributed by atoms with van der Waals surface area (Å²) >= 11 is 6.26. The number of benzene rings is 1. The zero-order chi connectivity index (χ0) is 14.8. The van der Waals surface area contributed by atoms with Gasteiger partial charge in [0.15, 0.2) is 0 Å². The third-order valence-electron chi connectivity index (χ3n) is 3.35. The van der Waals surface area contributed by atoms with Gasteiger partial charge in [-0.1, -0.05) is 0 Å². The number of hydrogen-bond acceptors (Lipinski definition) is 3. The van der Waals surface area contributed by atoms with Crippen LogP contribution >= 0.6 is 11.6 Å². The number of aromatic nitrogens is 3. The van der Waals surface area contributed by atoms with E-state index < -0.39 is 0 Å². The van der Waals surface area contributed by atoms with E-state index in [1.165, 1.54) is 0 Å². The predicted molar refractivity (Wildman–Crippen MR) is 82.1 cm³/mol. The van der Waals surface area contributed by atoms with Crippen LogP contribution in [0.4, 0.5) is 0 Å². The van der Waals surface area contributed by atoms with Crippen molar-refractivity contribution in [2.45, 2.75) is 18.8 Å². The first kappa shape index (κ1) is 13.6. The molecule has 1 aromatic carbocycles. The Morgan fingerprint density at radius 3 is 2.71 bits per heavy atom. The molecule has 0 saturated heterocycles. The van der Waals surface area contributed by atoms with E-state index in [1.807, 2.05) is 31.2 Å². The summed E-state index contributed by atoms with van der Waals surface area (Å²) in [4.78, 5) is 8.62. The third-order valence-corrected chi connectivity index (χ3v) is 3.55. The van der Waals surface area contributed by atoms with Gasteiger partial charge in [0.25, 0.3) is 0 Å². The lowest BCUT2D eigenvalue weighted by Crippen LogP contribution is -2.05. The molecule has 0 radical (unpaired) electrons. The molecule has 0 aliphatic rings. The molecule has 0 fully saturated rings. The number of hydrogen-bond donors (Lipinski definition) is 0. The highest BCUT2D eigenvalue weighted by Crippen LogP contribution is 2.26. The van der Waals surface area contributed by atoms with Crippen LogP contribution in [0.3, 0.4) is 0 Å². The van der Waals surface area contributed by atoms with Crippen molar-refractivity contribution in [2.75, 3.05) is 0 Å². The van der Waals surface area contributed by atoms with Gasteiger partial charge >= 0.3 is 0 Å². The molecule has 104 valence electrons. The van der Waals surface area contributed by atoms with Gasteiger partial charge in [-0.15, -0.1) is 11.6 Å². The minimum absolute atomic E-state index is 0.204. The van der Waals surface area contributed by atoms with E-state index in [4.69, 9.17) is 16.9 Å². The number of alkyl halides is 1. The first-order valence-corrected chi connectivity index (χ1v) is 7.06. The number of rotatable bonds is 3. The van der Waals surface area contributed by atoms with Crippen molar-refractivity contribution in [1.82, 2.24) is 14.5 Å². The Kier molecular flexibility index (Phi) is 3.59. The van der Waals surface area contributed by atoms with Crippen LogP contribution in [0.25, 0.3) is 11.0 Å². The van der Waals surface area contributed by atoms with Crippen LogP contribution < -0.4 is 0 Å². The van der Waals surface area contributed by atoms with Crippen LogP contribution in [0.2, 0.25) is 0 Å². The number of fused-ring (bicyclic) bond motifs is 1. The second kappa shape index (κ2) is 5.55. The number of halogens is 1. The Morgan fingerprint density at radius 2 is 2.05 bits per heavy atom. The van der Waals surface area contributed by atoms with Crippen molar-refractivity contribution >= 4 is 22.6 Å². The SMILES string of the molecule is CC(Cl)c1nc2ccc(C#N)cc2n1Cc1ccncc1. The normalized spacial score (nSPS) is 12.2. The minimum Gasteiger partial charge on any atom is -0.322 e. The van der Waals surface area contributed by atoms with Gasteiger partial charge in [0, 0.05) is 18.9 Å². The summed E-state index contributed by atoms with van der Waals surface area (Å²) in [6, 6.07) is 11.6. The first-order valence-electron chi connectivity index (χ1n) is 6.62. The summed E-state index contributed by atoms with van der Waals surface area (Å²) in [6.07, 6.45) is 3.53. The van der Waals surface area contributed by atoms with Gasteiger partial charge in [-0.3, -0.25) is 4.98 Å². The van der Waals surface area contributed by atoms with Crippen LogP contribution in [0.5, 0.6) is 0 Å². The monoisotopic (exact) mass is 296 g/mol. The number of nitrogens with zero attached hydrogens (tertiary/aromatic N) is 4. The molecule has 0 aliphatic heterocycles. The van der Waals surface area contributed by atoms with Crippen molar-refractivity contribution in [3.63, 3.8) is 0 Å². The van der Waals surface area contributed by atoms with Gasteiger partial charge in [-0.05, 0) is 42.8 Å². The quantitative estimate of drug-likeness (QED) is 0.693. The Labute approximate surface area is 127 Å². The molecule has 0 saturated carbocycles. The van der Waals surface area contributed by atoms with Crippen LogP contribution in [0.15, 0.2) is 42.7 Å². The maximum absolute atomic E-state index is 9.08. The van der Waals surface area contributed by atoms with E-state index in [1.54, 1.807) is 18.5 Å². The largest absolute Gasteiger partial charge is 0.322 e. The molecule has 3 aromatic rings. The molecule has 21 heavy (non-hydrogen) atoms. The lowest BCUT2D eigenvalue weighted by molar-refractivity contribution is 0.741. The zero-order valence-electron chi connectivity index (χ0n) is 11.5. The number of pyridine rings is 1. The molecule has 2 aromatic heterocycles. The Balaban J connectivity index is 2.17. The lowest BCUT2D eigenvalue weighted by Gasteiger charge is -2.10. The second-order valence-electron chi connectivity index (χ2n) is 4.84. The lowest BCUT2D eigenvalue weighted by atomic mass is 10.2. The van der Waals surface area contributed by atoms with Crippen molar-refractivity contribution < 1.29 is 0 Å². The Hall–Kier alpha value is -2.38. The van der Waals surface area contributed by atoms with E-state index in [-0.39, 0.29) is 5.38 Å². The summed E-state index contributed by atoms with van der Waals surface area (Å²) in [6.45, 7) is 2.55. The van der Waals surface area contributed by atoms with Crippen molar-refractivity contribution in [3.8, 4) is 6.07 Å². The molecule has 4 nitrogen and oxygen atoms in total. The van der Waals surface area contributed by atoms with E-state index in [9.17, 15) is 0 Å². The summed E-state index contributed by atoms with van der Waals surface area (Å²) in [5.74, 6) is 0.804. The van der Waals surface area contributed by atoms with Gasteiger partial charge in [0.2, 0.25) is 0 Å². The van der Waals surface area contributed by atoms with Gasteiger partial charge < -0.3 is 4.57 Å². The zero-order valence-corrected chi connectivity index (χ0v) is 12.2. The first-order chi connectivity index (χ1) is 10.2. The number of nitriles is 1. The average Bonchev–Trinajstić information content (AvgIpc) is 2.86. The predicted octanol–water partition coefficient (Wildman–Crippen LogP) is 3.65. The maximum Gasteiger partial charge on any atom is 0.128 e. The summed E-state index contributed by atoms with van der Waals surface area (Å²) in [5.41, 5.74) is 3.51. The average molecular weight is 297 g/mol. The van der Waals surface area contributed by atoms with E-state index in [0.717, 1.165) is 22.4 Å². The van der Waals surface area contributed by atoms with Crippen LogP contribution in [-0.2, 0) is 6.54 Å². The van der Waals surface area contributed by atoms with Crippen LogP contribution in [0.1, 0.15) is 29.3 Å². The fraction of sp³-hybridized carbons (Fsp3) is 0.188. The molecule has 5 heteroatoms. The van der Waals surface area contributed by atoms with Gasteiger partial charge in [0.05, 0.1) is 28.0 Å². The molecule has 0 amide bonds. The molecule has 1 unspecified atom stereocenters. The molecule has 0 bridgehead atoms. The van der Waals surface area contributed by atoms with Crippen LogP contribution in [-0.4, -0.2) is 14.5 Å². The summed E-state index contributed by atoms with van der Waals surface area (Å²) < 4.78 is 2.06. The molecule has 0 aliphatic carbocycles. The van der Waals surface area contributed by atoms with E-state index in [2.05, 4.69) is 20.6 Å². The van der Waals surface area contributed by atoms with Crippen molar-refractivity contribution in [2.24, 2.45) is 0 Å². The smallest absolute Gasteiger partial charge is 0.128 e. The number of imidazole rings is 1. The molecule has 0 spiro atoms. The van der Waals surface area contributed by atoms with Crippen molar-refractivity contribution in [3.05, 3.63) is 59.7 Å². The maximum atomic E-state index is 9.08. The van der Waals surface area contributed by atoms with Gasteiger partial charge in [-0.2, -0.15) is 5.26 Å². The van der Waals surface area contributed by atoms with Gasteiger partial charge in [0.1, 0.15) is 5.82 Å². The minimum atomic E-state index is -0.204. The molecule has 2 heterocycles. The Bertz CT molecular complexity index is 815. The van der Waals surface area contributed by atoms with Gasteiger partial charge in [-0.25, -0.2) is 4.98 Å². The molecule has 3 rings (SSSR count). The van der Waals surface area contributed by atoms with E-state index >= 15 is 0 Å². The second-order valence-corrected chi connectivity index (χ2v) is 5.50. The Morgan fingerprint density at radius 1 is 1.29 bits per heavy atom. The molecule has 0 N–H and O–H groups in total. The highest BCUT2D eigenvalue weighted by atomic mass is 35.5. The van der Waals surface area contributed by atoms with Crippen molar-refractivity contribution in [1.29, 1.82) is 5.26 Å². The molecule has 1 atom stereocenters. The topological polar surface area (TPSA) is 54.5 Å². The third kappa shape index (κ3) is 2.61. The molecular weight excluding hydrogens is 284 g/mol. The highest BCUT2D eigenvalue weighted by Gasteiger charge is 2.15. The molecular formula is C16H13ClN4. The standard InChI is InChI=1S/C16H13ClN4/c1-11(17)16-20-14-3-2-13(9-18)8-15(14)21(16)10-12-4-6-19-7-5-12/h2-8,11H,10H2,1H3. The van der Waals surface area contributed by atoms with E-state index in [0.29, 0.717) is 12.1 Å². The van der Waals surface area contributed by atoms with Crippen LogP contribution in [0, 0.1) is 11.3 Å². The summed E-state index contributed by atoms with van der Waals surface area (Å²) in [5, 5.41) is 8.88.